The van der Waals surface area contributed by atoms with Gasteiger partial charge < -0.3 is 4.81 Å². The molecule has 1 aliphatic heterocycles. The molecule has 3 rings (SSSR count). The highest BCUT2D eigenvalue weighted by Gasteiger charge is 2.26. The summed E-state index contributed by atoms with van der Waals surface area (Å²) < 4.78 is 0. The van der Waals surface area contributed by atoms with Crippen molar-refractivity contribution in [2.75, 3.05) is 4.81 Å². The van der Waals surface area contributed by atoms with E-state index >= 15 is 0 Å². The molecule has 0 N–H and O–H groups in total. The molecule has 0 saturated carbocycles. The molecule has 0 unspecified atom stereocenters. The van der Waals surface area contributed by atoms with Crippen molar-refractivity contribution < 1.29 is 0 Å². The summed E-state index contributed by atoms with van der Waals surface area (Å²) in [6.45, 7) is 4.47. The molecule has 1 aromatic carbocycles. The number of aromatic nitrogens is 1. The van der Waals surface area contributed by atoms with Gasteiger partial charge in [0.25, 0.3) is 0 Å². The molecule has 20 heavy (non-hydrogen) atoms. The van der Waals surface area contributed by atoms with E-state index in [1.807, 2.05) is 18.3 Å². The molecule has 0 saturated heterocycles. The fourth-order valence-corrected chi connectivity index (χ4v) is 2.72. The lowest BCUT2D eigenvalue weighted by atomic mass is 9.55. The number of pyridine rings is 1. The lowest BCUT2D eigenvalue weighted by Gasteiger charge is -2.30. The summed E-state index contributed by atoms with van der Waals surface area (Å²) in [7, 11) is 0. The van der Waals surface area contributed by atoms with Crippen LogP contribution in [0.3, 0.4) is 0 Å². The lowest BCUT2D eigenvalue weighted by Crippen LogP contribution is -2.47. The Kier molecular flexibility index (Phi) is 3.42. The number of anilines is 1. The van der Waals surface area contributed by atoms with Crippen LogP contribution in [0.25, 0.3) is 0 Å². The second-order valence-electron chi connectivity index (χ2n) is 5.07. The van der Waals surface area contributed by atoms with Gasteiger partial charge in [-0.3, -0.25) is 4.98 Å². The third-order valence-electron chi connectivity index (χ3n) is 3.64. The lowest BCUT2D eigenvalue weighted by molar-refractivity contribution is 1.26. The predicted molar refractivity (Wildman–Crippen MR) is 86.3 cm³/mol. The largest absolute Gasteiger partial charge is 0.382 e. The van der Waals surface area contributed by atoms with Crippen LogP contribution in [0.1, 0.15) is 11.1 Å². The van der Waals surface area contributed by atoms with Gasteiger partial charge in [-0.1, -0.05) is 36.3 Å². The summed E-state index contributed by atoms with van der Waals surface area (Å²) in [5.74, 6) is 2.19. The van der Waals surface area contributed by atoms with E-state index in [1.54, 1.807) is 0 Å². The number of nitrogens with zero attached hydrogens (tertiary/aromatic N) is 2. The molecule has 2 nitrogen and oxygen atoms in total. The Hall–Kier alpha value is -2.29. The average Bonchev–Trinajstić information content (AvgIpc) is 2.48. The summed E-state index contributed by atoms with van der Waals surface area (Å²) in [5, 5.41) is 0. The summed E-state index contributed by atoms with van der Waals surface area (Å²) >= 11 is 0. The van der Waals surface area contributed by atoms with Gasteiger partial charge in [0, 0.05) is 17.5 Å². The highest BCUT2D eigenvalue weighted by Crippen LogP contribution is 2.27. The van der Waals surface area contributed by atoms with Crippen LogP contribution in [0.2, 0.25) is 0 Å². The Bertz CT molecular complexity index is 642. The maximum Gasteiger partial charge on any atom is 0.340 e. The van der Waals surface area contributed by atoms with Gasteiger partial charge in [-0.15, -0.1) is 0 Å². The van der Waals surface area contributed by atoms with Gasteiger partial charge in [-0.2, -0.15) is 0 Å². The van der Waals surface area contributed by atoms with Gasteiger partial charge in [0.2, 0.25) is 0 Å². The van der Waals surface area contributed by atoms with Crippen LogP contribution in [0, 0.1) is 13.8 Å². The SMILES string of the molecule is Cc1cccc(C)c1N1C=CC=CB1c1ccccn1. The third kappa shape index (κ3) is 2.27. The van der Waals surface area contributed by atoms with Gasteiger partial charge in [0.1, 0.15) is 0 Å². The number of allylic oxidation sites excluding steroid dienone is 2. The molecule has 98 valence electrons. The number of hydrogen-bond donors (Lipinski definition) is 0. The zero-order valence-electron chi connectivity index (χ0n) is 11.8. The van der Waals surface area contributed by atoms with E-state index in [9.17, 15) is 0 Å². The maximum absolute atomic E-state index is 4.51. The van der Waals surface area contributed by atoms with Crippen LogP contribution in [-0.4, -0.2) is 11.8 Å². The van der Waals surface area contributed by atoms with E-state index in [0.29, 0.717) is 0 Å². The topological polar surface area (TPSA) is 16.1 Å². The molecule has 0 aliphatic carbocycles. The van der Waals surface area contributed by atoms with Crippen molar-refractivity contribution in [1.82, 2.24) is 4.98 Å². The third-order valence-corrected chi connectivity index (χ3v) is 3.64. The average molecular weight is 260 g/mol. The molecule has 0 radical (unpaired) electrons. The van der Waals surface area contributed by atoms with Crippen LogP contribution >= 0.6 is 0 Å². The zero-order chi connectivity index (χ0) is 13.9. The first-order valence-electron chi connectivity index (χ1n) is 6.88. The van der Waals surface area contributed by atoms with Crippen LogP contribution in [0.4, 0.5) is 5.69 Å². The maximum atomic E-state index is 4.51. The smallest absolute Gasteiger partial charge is 0.340 e. The van der Waals surface area contributed by atoms with Crippen molar-refractivity contribution in [3.63, 3.8) is 0 Å². The first kappa shape index (κ1) is 12.7. The minimum Gasteiger partial charge on any atom is -0.382 e. The van der Waals surface area contributed by atoms with Crippen molar-refractivity contribution in [2.24, 2.45) is 0 Å². The molecule has 3 heteroatoms. The van der Waals surface area contributed by atoms with Gasteiger partial charge in [0.05, 0.1) is 0 Å². The molecule has 0 atom stereocenters. The van der Waals surface area contributed by atoms with Gasteiger partial charge in [0.15, 0.2) is 0 Å². The van der Waals surface area contributed by atoms with E-state index in [0.717, 1.165) is 5.59 Å². The second-order valence-corrected chi connectivity index (χ2v) is 5.07. The second kappa shape index (κ2) is 5.37. The minimum absolute atomic E-state index is 0.154. The Labute approximate surface area is 120 Å². The molecule has 0 fully saturated rings. The van der Waals surface area contributed by atoms with Crippen LogP contribution < -0.4 is 10.4 Å². The minimum atomic E-state index is 0.154. The fourth-order valence-electron chi connectivity index (χ4n) is 2.72. The molecule has 0 spiro atoms. The van der Waals surface area contributed by atoms with E-state index in [1.165, 1.54) is 16.8 Å². The number of rotatable bonds is 2. The summed E-state index contributed by atoms with van der Waals surface area (Å²) in [5.41, 5.74) is 4.90. The summed E-state index contributed by atoms with van der Waals surface area (Å²) in [6.07, 6.45) is 8.15. The van der Waals surface area contributed by atoms with Crippen LogP contribution in [0.15, 0.2) is 66.9 Å². The first-order valence-corrected chi connectivity index (χ1v) is 6.88. The van der Waals surface area contributed by atoms with Crippen LogP contribution in [-0.2, 0) is 0 Å². The number of benzene rings is 1. The Balaban J connectivity index is 2.07. The van der Waals surface area contributed by atoms with Gasteiger partial charge in [-0.25, -0.2) is 0 Å². The molecule has 1 aromatic heterocycles. The number of aryl methyl sites for hydroxylation is 2. The highest BCUT2D eigenvalue weighted by atomic mass is 15.1. The quantitative estimate of drug-likeness (QED) is 0.771. The normalized spacial score (nSPS) is 13.9. The number of para-hydroxylation sites is 1. The van der Waals surface area contributed by atoms with E-state index in [4.69, 9.17) is 0 Å². The van der Waals surface area contributed by atoms with E-state index in [2.05, 4.69) is 72.2 Å². The first-order chi connectivity index (χ1) is 9.77. The number of hydrogen-bond acceptors (Lipinski definition) is 2. The Morgan fingerprint density at radius 2 is 1.75 bits per heavy atom. The van der Waals surface area contributed by atoms with E-state index in [-0.39, 0.29) is 6.85 Å². The van der Waals surface area contributed by atoms with Crippen molar-refractivity contribution in [2.45, 2.75) is 13.8 Å². The van der Waals surface area contributed by atoms with Gasteiger partial charge in [-0.05, 0) is 49.4 Å². The molecule has 2 heterocycles. The predicted octanol–water partition coefficient (Wildman–Crippen LogP) is 3.03. The zero-order valence-corrected chi connectivity index (χ0v) is 11.8. The Morgan fingerprint density at radius 1 is 0.950 bits per heavy atom. The fraction of sp³-hybridized carbons (Fsp3) is 0.118. The van der Waals surface area contributed by atoms with Crippen LogP contribution in [0.5, 0.6) is 0 Å². The molecule has 0 bridgehead atoms. The molecular weight excluding hydrogens is 243 g/mol. The standard InChI is InChI=1S/C17H17BN2/c1-14-8-7-9-15(2)17(14)20-13-6-4-11-18(20)16-10-3-5-12-19-16/h3-13H,1-2H3. The summed E-state index contributed by atoms with van der Waals surface area (Å²) in [6, 6.07) is 12.5. The van der Waals surface area contributed by atoms with Crippen molar-refractivity contribution in [3.05, 3.63) is 78.0 Å². The molecule has 2 aromatic rings. The Morgan fingerprint density at radius 3 is 2.45 bits per heavy atom. The van der Waals surface area contributed by atoms with Crippen molar-refractivity contribution in [3.8, 4) is 0 Å². The van der Waals surface area contributed by atoms with Gasteiger partial charge >= 0.3 is 6.85 Å². The summed E-state index contributed by atoms with van der Waals surface area (Å²) in [4.78, 5) is 6.81. The van der Waals surface area contributed by atoms with Crippen molar-refractivity contribution >= 4 is 18.1 Å². The monoisotopic (exact) mass is 260 g/mol. The van der Waals surface area contributed by atoms with E-state index < -0.39 is 0 Å². The molecular formula is C17H17BN2. The molecule has 1 aliphatic rings. The molecule has 0 amide bonds. The van der Waals surface area contributed by atoms with Crippen molar-refractivity contribution in [1.29, 1.82) is 0 Å². The highest BCUT2D eigenvalue weighted by molar-refractivity contribution is 6.81.